The Kier molecular flexibility index (Phi) is 6.50. The molecule has 1 aliphatic rings. The van der Waals surface area contributed by atoms with Crippen molar-refractivity contribution in [3.63, 3.8) is 0 Å². The van der Waals surface area contributed by atoms with E-state index in [4.69, 9.17) is 9.88 Å². The van der Waals surface area contributed by atoms with Gasteiger partial charge in [0, 0.05) is 30.4 Å². The lowest BCUT2D eigenvalue weighted by atomic mass is 9.87. The Balaban J connectivity index is 1.90. The fourth-order valence-corrected chi connectivity index (χ4v) is 3.89. The number of nitrogens with one attached hydrogen (secondary N) is 1. The van der Waals surface area contributed by atoms with Gasteiger partial charge in [0.2, 0.25) is 0 Å². The van der Waals surface area contributed by atoms with Gasteiger partial charge < -0.3 is 4.74 Å². The SMILES string of the molecule is COC1CC=C(Cc2ccc(NS(N)(=O)=O)cc2)C(F)=C1c1cccc(C(C)=O)c1. The first-order valence-electron chi connectivity index (χ1n) is 9.30. The Morgan fingerprint density at radius 1 is 1.23 bits per heavy atom. The van der Waals surface area contributed by atoms with Gasteiger partial charge >= 0.3 is 0 Å². The number of hydrogen-bond donors (Lipinski definition) is 2. The summed E-state index contributed by atoms with van der Waals surface area (Å²) in [7, 11) is -2.32. The molecule has 0 spiro atoms. The van der Waals surface area contributed by atoms with Gasteiger partial charge in [-0.1, -0.05) is 36.4 Å². The number of nitrogens with two attached hydrogens (primary N) is 1. The lowest BCUT2D eigenvalue weighted by molar-refractivity contribution is 0.101. The quantitative estimate of drug-likeness (QED) is 0.653. The highest BCUT2D eigenvalue weighted by atomic mass is 32.2. The number of anilines is 1. The van der Waals surface area contributed by atoms with Crippen LogP contribution in [0.5, 0.6) is 0 Å². The van der Waals surface area contributed by atoms with Gasteiger partial charge in [-0.15, -0.1) is 0 Å². The normalized spacial score (nSPS) is 16.9. The predicted octanol–water partition coefficient (Wildman–Crippen LogP) is 3.77. The molecular weight excluding hydrogens is 407 g/mol. The van der Waals surface area contributed by atoms with Crippen LogP contribution in [0.1, 0.15) is 34.8 Å². The zero-order valence-electron chi connectivity index (χ0n) is 16.7. The van der Waals surface area contributed by atoms with Gasteiger partial charge in [-0.05, 0) is 48.2 Å². The highest BCUT2D eigenvalue weighted by Gasteiger charge is 2.26. The van der Waals surface area contributed by atoms with E-state index in [9.17, 15) is 13.2 Å². The van der Waals surface area contributed by atoms with Crippen LogP contribution in [0.4, 0.5) is 10.1 Å². The first kappa shape index (κ1) is 21.9. The van der Waals surface area contributed by atoms with Crippen molar-refractivity contribution < 1.29 is 22.3 Å². The van der Waals surface area contributed by atoms with E-state index in [0.29, 0.717) is 40.8 Å². The molecule has 0 fully saturated rings. The second-order valence-corrected chi connectivity index (χ2v) is 8.37. The lowest BCUT2D eigenvalue weighted by Crippen LogP contribution is -2.21. The molecule has 0 aliphatic heterocycles. The van der Waals surface area contributed by atoms with Gasteiger partial charge in [0.15, 0.2) is 5.78 Å². The van der Waals surface area contributed by atoms with E-state index >= 15 is 4.39 Å². The Morgan fingerprint density at radius 2 is 1.93 bits per heavy atom. The minimum atomic E-state index is -3.85. The zero-order chi connectivity index (χ0) is 21.9. The van der Waals surface area contributed by atoms with E-state index in [0.717, 1.165) is 5.56 Å². The third kappa shape index (κ3) is 5.21. The van der Waals surface area contributed by atoms with Crippen LogP contribution in [0.2, 0.25) is 0 Å². The number of methoxy groups -OCH3 is 1. The molecule has 1 unspecified atom stereocenters. The van der Waals surface area contributed by atoms with E-state index in [2.05, 4.69) is 4.72 Å². The number of benzene rings is 2. The number of halogens is 1. The summed E-state index contributed by atoms with van der Waals surface area (Å²) in [6.07, 6.45) is 2.19. The molecule has 2 aromatic rings. The third-order valence-electron chi connectivity index (χ3n) is 4.89. The van der Waals surface area contributed by atoms with Crippen molar-refractivity contribution in [1.82, 2.24) is 0 Å². The van der Waals surface area contributed by atoms with Crippen LogP contribution in [0.15, 0.2) is 66.0 Å². The monoisotopic (exact) mass is 430 g/mol. The fourth-order valence-electron chi connectivity index (χ4n) is 3.43. The fraction of sp³-hybridized carbons (Fsp3) is 0.227. The zero-order valence-corrected chi connectivity index (χ0v) is 17.5. The summed E-state index contributed by atoms with van der Waals surface area (Å²) >= 11 is 0. The van der Waals surface area contributed by atoms with Crippen molar-refractivity contribution >= 4 is 27.3 Å². The molecule has 0 bridgehead atoms. The van der Waals surface area contributed by atoms with Crippen LogP contribution in [-0.2, 0) is 21.4 Å². The standard InChI is InChI=1S/C22H23FN2O4S/c1-14(26)16-4-3-5-17(13-16)21-20(29-2)11-8-18(22(21)23)12-15-6-9-19(10-7-15)25-30(24,27)28/h3-10,13,20,25H,11-12H2,1-2H3,(H2,24,27,28). The molecule has 3 N–H and O–H groups in total. The van der Waals surface area contributed by atoms with Crippen molar-refractivity contribution in [2.75, 3.05) is 11.8 Å². The first-order valence-corrected chi connectivity index (χ1v) is 10.9. The van der Waals surface area contributed by atoms with E-state index < -0.39 is 16.3 Å². The summed E-state index contributed by atoms with van der Waals surface area (Å²) in [5, 5.41) is 4.96. The van der Waals surface area contributed by atoms with Crippen LogP contribution < -0.4 is 9.86 Å². The van der Waals surface area contributed by atoms with Crippen molar-refractivity contribution in [2.24, 2.45) is 5.14 Å². The number of Topliss-reactive ketones (excluding diaryl/α,β-unsaturated/α-hetero) is 1. The second kappa shape index (κ2) is 8.91. The van der Waals surface area contributed by atoms with Crippen LogP contribution in [-0.4, -0.2) is 27.4 Å². The molecule has 30 heavy (non-hydrogen) atoms. The van der Waals surface area contributed by atoms with Gasteiger partial charge in [-0.3, -0.25) is 9.52 Å². The molecule has 2 aromatic carbocycles. The van der Waals surface area contributed by atoms with Gasteiger partial charge in [0.05, 0.1) is 6.10 Å². The Bertz CT molecular complexity index is 1120. The van der Waals surface area contributed by atoms with Gasteiger partial charge in [0.1, 0.15) is 5.83 Å². The highest BCUT2D eigenvalue weighted by molar-refractivity contribution is 7.90. The summed E-state index contributed by atoms with van der Waals surface area (Å²) in [5.41, 5.74) is 3.20. The largest absolute Gasteiger partial charge is 0.376 e. The number of hydrogen-bond acceptors (Lipinski definition) is 4. The van der Waals surface area contributed by atoms with Crippen molar-refractivity contribution in [2.45, 2.75) is 25.9 Å². The molecule has 0 heterocycles. The number of ketones is 1. The van der Waals surface area contributed by atoms with E-state index in [-0.39, 0.29) is 11.6 Å². The smallest absolute Gasteiger partial charge is 0.296 e. The summed E-state index contributed by atoms with van der Waals surface area (Å²) in [6, 6.07) is 13.4. The molecule has 158 valence electrons. The van der Waals surface area contributed by atoms with Crippen LogP contribution in [0.3, 0.4) is 0 Å². The predicted molar refractivity (Wildman–Crippen MR) is 115 cm³/mol. The minimum Gasteiger partial charge on any atom is -0.376 e. The van der Waals surface area contributed by atoms with E-state index in [1.54, 1.807) is 54.6 Å². The van der Waals surface area contributed by atoms with Gasteiger partial charge in [-0.25, -0.2) is 9.53 Å². The molecule has 0 amide bonds. The summed E-state index contributed by atoms with van der Waals surface area (Å²) in [5.74, 6) is -0.466. The maximum Gasteiger partial charge on any atom is 0.296 e. The number of rotatable bonds is 7. The number of ether oxygens (including phenoxy) is 1. The van der Waals surface area contributed by atoms with Gasteiger partial charge in [-0.2, -0.15) is 8.42 Å². The molecule has 0 aromatic heterocycles. The van der Waals surface area contributed by atoms with Crippen LogP contribution in [0.25, 0.3) is 5.57 Å². The summed E-state index contributed by atoms with van der Waals surface area (Å²) in [4.78, 5) is 11.7. The van der Waals surface area contributed by atoms with Gasteiger partial charge in [0.25, 0.3) is 10.2 Å². The average Bonchev–Trinajstić information content (AvgIpc) is 2.69. The molecule has 8 heteroatoms. The van der Waals surface area contributed by atoms with E-state index in [1.165, 1.54) is 14.0 Å². The van der Waals surface area contributed by atoms with Crippen molar-refractivity contribution in [3.8, 4) is 0 Å². The molecule has 0 saturated carbocycles. The summed E-state index contributed by atoms with van der Waals surface area (Å²) < 4.78 is 45.4. The molecule has 0 saturated heterocycles. The number of allylic oxidation sites excluding steroid dienone is 2. The third-order valence-corrected chi connectivity index (χ3v) is 5.41. The maximum atomic E-state index is 15.5. The Labute approximate surface area is 175 Å². The molecule has 1 aliphatic carbocycles. The Hall–Kier alpha value is -2.81. The minimum absolute atomic E-state index is 0.0911. The van der Waals surface area contributed by atoms with Crippen molar-refractivity contribution in [1.29, 1.82) is 0 Å². The van der Waals surface area contributed by atoms with Crippen LogP contribution in [0, 0.1) is 0 Å². The highest BCUT2D eigenvalue weighted by Crippen LogP contribution is 2.37. The number of carbonyl (C=O) groups is 1. The summed E-state index contributed by atoms with van der Waals surface area (Å²) in [6.45, 7) is 1.47. The van der Waals surface area contributed by atoms with Crippen molar-refractivity contribution in [3.05, 3.63) is 82.7 Å². The average molecular weight is 431 g/mol. The molecule has 6 nitrogen and oxygen atoms in total. The molecule has 3 rings (SSSR count). The Morgan fingerprint density at radius 3 is 2.53 bits per heavy atom. The van der Waals surface area contributed by atoms with E-state index in [1.807, 2.05) is 0 Å². The first-order chi connectivity index (χ1) is 14.2. The molecule has 0 radical (unpaired) electrons. The maximum absolute atomic E-state index is 15.5. The lowest BCUT2D eigenvalue weighted by Gasteiger charge is -2.25. The number of carbonyl (C=O) groups excluding carboxylic acids is 1. The van der Waals surface area contributed by atoms with Crippen LogP contribution >= 0.6 is 0 Å². The molecular formula is C22H23FN2O4S. The topological polar surface area (TPSA) is 98.5 Å². The second-order valence-electron chi connectivity index (χ2n) is 7.07. The molecule has 1 atom stereocenters.